The topological polar surface area (TPSA) is 52.9 Å². The molecule has 5 heteroatoms. The number of allylic oxidation sites excluding steroid dienone is 1. The molecule has 1 aliphatic carbocycles. The van der Waals surface area contributed by atoms with E-state index in [0.29, 0.717) is 32.1 Å². The average molecular weight is 429 g/mol. The van der Waals surface area contributed by atoms with Crippen LogP contribution in [0.1, 0.15) is 70.9 Å². The van der Waals surface area contributed by atoms with Crippen molar-refractivity contribution in [2.75, 3.05) is 13.2 Å². The first-order valence-electron chi connectivity index (χ1n) is 11.4. The monoisotopic (exact) mass is 428 g/mol. The summed E-state index contributed by atoms with van der Waals surface area (Å²) in [6, 6.07) is 8.19. The molecule has 0 radical (unpaired) electrons. The molecule has 1 atom stereocenters. The Morgan fingerprint density at radius 3 is 2.42 bits per heavy atom. The fourth-order valence-electron chi connectivity index (χ4n) is 4.88. The summed E-state index contributed by atoms with van der Waals surface area (Å²) in [5.41, 5.74) is 3.04. The number of aliphatic imine (C=N–C) groups is 1. The van der Waals surface area contributed by atoms with Gasteiger partial charge < -0.3 is 10.0 Å². The smallest absolute Gasteiger partial charge is 0.226 e. The number of nitrogens with zero attached hydrogens (tertiary/aromatic N) is 2. The van der Waals surface area contributed by atoms with Gasteiger partial charge in [-0.05, 0) is 56.1 Å². The number of amides is 1. The molecule has 1 heterocycles. The molecule has 1 N–H and O–H groups in total. The van der Waals surface area contributed by atoms with Gasteiger partial charge in [0.05, 0.1) is 12.6 Å². The minimum Gasteiger partial charge on any atom is -0.395 e. The van der Waals surface area contributed by atoms with E-state index in [-0.39, 0.29) is 36.4 Å². The minimum absolute atomic E-state index is 0.0240. The van der Waals surface area contributed by atoms with Crippen LogP contribution >= 0.6 is 0 Å². The van der Waals surface area contributed by atoms with Crippen LogP contribution in [-0.4, -0.2) is 46.5 Å². The van der Waals surface area contributed by atoms with E-state index in [2.05, 4.69) is 52.0 Å². The number of hydrogen-bond acceptors (Lipinski definition) is 3. The van der Waals surface area contributed by atoms with E-state index in [0.717, 1.165) is 16.8 Å². The van der Waals surface area contributed by atoms with E-state index in [1.807, 2.05) is 11.1 Å². The SMILES string of the molecule is Cc1ccc(C2=CN=C([C@@H](N(CCO)C(=O)C3CCC(C)(F)CC3)C(C)(C)C)C2)cc1. The lowest BCUT2D eigenvalue weighted by Crippen LogP contribution is -2.54. The Hall–Kier alpha value is -2.01. The first kappa shape index (κ1) is 23.6. The Morgan fingerprint density at radius 1 is 1.26 bits per heavy atom. The van der Waals surface area contributed by atoms with Gasteiger partial charge in [0.2, 0.25) is 5.91 Å². The molecule has 4 nitrogen and oxygen atoms in total. The molecule has 0 unspecified atom stereocenters. The number of aliphatic hydroxyl groups is 1. The largest absolute Gasteiger partial charge is 0.395 e. The molecule has 0 saturated heterocycles. The zero-order valence-corrected chi connectivity index (χ0v) is 19.6. The predicted octanol–water partition coefficient (Wildman–Crippen LogP) is 5.33. The van der Waals surface area contributed by atoms with E-state index in [1.54, 1.807) is 6.92 Å². The van der Waals surface area contributed by atoms with Crippen molar-refractivity contribution in [3.8, 4) is 0 Å². The van der Waals surface area contributed by atoms with Crippen LogP contribution < -0.4 is 0 Å². The first-order chi connectivity index (χ1) is 14.5. The lowest BCUT2D eigenvalue weighted by molar-refractivity contribution is -0.141. The van der Waals surface area contributed by atoms with Crippen LogP contribution in [0.4, 0.5) is 4.39 Å². The Morgan fingerprint density at radius 2 is 1.87 bits per heavy atom. The third-order valence-corrected chi connectivity index (χ3v) is 6.63. The molecule has 3 rings (SSSR count). The summed E-state index contributed by atoms with van der Waals surface area (Å²) in [6.45, 7) is 10.2. The van der Waals surface area contributed by atoms with Crippen molar-refractivity contribution in [3.63, 3.8) is 0 Å². The summed E-state index contributed by atoms with van der Waals surface area (Å²) >= 11 is 0. The number of alkyl halides is 1. The highest BCUT2D eigenvalue weighted by molar-refractivity contribution is 6.03. The van der Waals surface area contributed by atoms with Gasteiger partial charge in [-0.15, -0.1) is 0 Å². The minimum atomic E-state index is -1.18. The molecule has 1 fully saturated rings. The van der Waals surface area contributed by atoms with Crippen molar-refractivity contribution in [1.82, 2.24) is 4.90 Å². The van der Waals surface area contributed by atoms with Crippen LogP contribution in [-0.2, 0) is 4.79 Å². The van der Waals surface area contributed by atoms with Gasteiger partial charge in [0.1, 0.15) is 5.67 Å². The second-order valence-electron chi connectivity index (χ2n) is 10.5. The number of aryl methyl sites for hydroxylation is 1. The fourth-order valence-corrected chi connectivity index (χ4v) is 4.88. The van der Waals surface area contributed by atoms with Gasteiger partial charge in [0.15, 0.2) is 0 Å². The van der Waals surface area contributed by atoms with Gasteiger partial charge in [-0.25, -0.2) is 4.39 Å². The Bertz CT molecular complexity index is 839. The van der Waals surface area contributed by atoms with E-state index in [9.17, 15) is 14.3 Å². The van der Waals surface area contributed by atoms with Crippen molar-refractivity contribution in [2.24, 2.45) is 16.3 Å². The normalized spacial score (nSPS) is 25.1. The zero-order chi connectivity index (χ0) is 22.8. The molecule has 1 aromatic carbocycles. The quantitative estimate of drug-likeness (QED) is 0.665. The van der Waals surface area contributed by atoms with Gasteiger partial charge in [0, 0.05) is 30.8 Å². The predicted molar refractivity (Wildman–Crippen MR) is 125 cm³/mol. The van der Waals surface area contributed by atoms with E-state index >= 15 is 0 Å². The molecule has 31 heavy (non-hydrogen) atoms. The maximum Gasteiger partial charge on any atom is 0.226 e. The highest BCUT2D eigenvalue weighted by atomic mass is 19.1. The highest BCUT2D eigenvalue weighted by Crippen LogP contribution is 2.38. The molecule has 0 aromatic heterocycles. The van der Waals surface area contributed by atoms with Crippen LogP contribution in [0.15, 0.2) is 35.5 Å². The van der Waals surface area contributed by atoms with Gasteiger partial charge in [0.25, 0.3) is 0 Å². The van der Waals surface area contributed by atoms with Crippen LogP contribution in [0.5, 0.6) is 0 Å². The summed E-state index contributed by atoms with van der Waals surface area (Å²) in [6.07, 6.45) is 4.55. The second-order valence-corrected chi connectivity index (χ2v) is 10.5. The van der Waals surface area contributed by atoms with Gasteiger partial charge in [-0.2, -0.15) is 0 Å². The molecule has 1 aromatic rings. The number of hydrogen-bond donors (Lipinski definition) is 1. The van der Waals surface area contributed by atoms with Crippen LogP contribution in [0.2, 0.25) is 0 Å². The first-order valence-corrected chi connectivity index (χ1v) is 11.4. The third-order valence-electron chi connectivity index (χ3n) is 6.63. The number of benzene rings is 1. The Labute approximate surface area is 186 Å². The zero-order valence-electron chi connectivity index (χ0n) is 19.6. The molecule has 2 aliphatic rings. The number of aliphatic hydroxyl groups excluding tert-OH is 1. The van der Waals surface area contributed by atoms with Gasteiger partial charge >= 0.3 is 0 Å². The highest BCUT2D eigenvalue weighted by Gasteiger charge is 2.42. The van der Waals surface area contributed by atoms with Crippen LogP contribution in [0.25, 0.3) is 5.57 Å². The molecular formula is C26H37FN2O2. The van der Waals surface area contributed by atoms with Crippen molar-refractivity contribution in [1.29, 1.82) is 0 Å². The molecule has 0 spiro atoms. The summed E-state index contributed by atoms with van der Waals surface area (Å²) in [5.74, 6) is -0.164. The van der Waals surface area contributed by atoms with Crippen molar-refractivity contribution >= 4 is 17.2 Å². The molecule has 170 valence electrons. The van der Waals surface area contributed by atoms with Crippen LogP contribution in [0, 0.1) is 18.3 Å². The average Bonchev–Trinajstić information content (AvgIpc) is 3.16. The molecule has 1 saturated carbocycles. The van der Waals surface area contributed by atoms with Crippen molar-refractivity contribution in [2.45, 2.75) is 78.4 Å². The lowest BCUT2D eigenvalue weighted by Gasteiger charge is -2.43. The number of rotatable bonds is 6. The number of carbonyl (C=O) groups excluding carboxylic acids is 1. The molecule has 0 bridgehead atoms. The van der Waals surface area contributed by atoms with Gasteiger partial charge in [-0.1, -0.05) is 50.6 Å². The fraction of sp³-hybridized carbons (Fsp3) is 0.615. The second kappa shape index (κ2) is 9.23. The Kier molecular flexibility index (Phi) is 7.04. The van der Waals surface area contributed by atoms with Crippen molar-refractivity contribution in [3.05, 3.63) is 41.6 Å². The van der Waals surface area contributed by atoms with Crippen molar-refractivity contribution < 1.29 is 14.3 Å². The van der Waals surface area contributed by atoms with E-state index in [1.165, 1.54) is 5.56 Å². The third kappa shape index (κ3) is 5.62. The molecule has 1 amide bonds. The lowest BCUT2D eigenvalue weighted by atomic mass is 9.77. The standard InChI is InChI=1S/C26H37FN2O2/c1-18-6-8-19(9-7-18)21-16-22(28-17-21)23(25(2,3)4)29(14-15-30)24(31)20-10-12-26(5,27)13-11-20/h6-9,17,20,23,30H,10-16H2,1-5H3/t20?,23-,26?/m1/s1. The number of halogens is 1. The maximum atomic E-state index is 14.3. The summed E-state index contributed by atoms with van der Waals surface area (Å²) < 4.78 is 14.3. The van der Waals surface area contributed by atoms with Gasteiger partial charge in [-0.3, -0.25) is 9.79 Å². The number of carbonyl (C=O) groups is 1. The van der Waals surface area contributed by atoms with E-state index in [4.69, 9.17) is 4.99 Å². The Balaban J connectivity index is 1.81. The molecule has 1 aliphatic heterocycles. The molecular weight excluding hydrogens is 391 g/mol. The summed E-state index contributed by atoms with van der Waals surface area (Å²) in [5, 5.41) is 9.77. The summed E-state index contributed by atoms with van der Waals surface area (Å²) in [4.78, 5) is 20.1. The maximum absolute atomic E-state index is 14.3. The van der Waals surface area contributed by atoms with Crippen LogP contribution in [0.3, 0.4) is 0 Å². The van der Waals surface area contributed by atoms with E-state index < -0.39 is 5.67 Å². The summed E-state index contributed by atoms with van der Waals surface area (Å²) in [7, 11) is 0.